The number of anilines is 1. The van der Waals surface area contributed by atoms with Crippen LogP contribution in [-0.4, -0.2) is 30.4 Å². The molecule has 0 bridgehead atoms. The minimum Gasteiger partial charge on any atom is -0.490 e. The number of carbonyl (C=O) groups is 2. The van der Waals surface area contributed by atoms with Gasteiger partial charge >= 0.3 is 5.69 Å². The van der Waals surface area contributed by atoms with Gasteiger partial charge < -0.3 is 15.4 Å². The second kappa shape index (κ2) is 7.91. The summed E-state index contributed by atoms with van der Waals surface area (Å²) in [5.41, 5.74) is 1.30. The lowest BCUT2D eigenvalue weighted by molar-refractivity contribution is -0.385. The van der Waals surface area contributed by atoms with Gasteiger partial charge in [0.25, 0.3) is 5.91 Å². The van der Waals surface area contributed by atoms with Crippen molar-refractivity contribution in [3.8, 4) is 5.75 Å². The molecule has 0 heterocycles. The van der Waals surface area contributed by atoms with Gasteiger partial charge in [-0.3, -0.25) is 19.7 Å². The van der Waals surface area contributed by atoms with Gasteiger partial charge in [0, 0.05) is 17.3 Å². The fourth-order valence-electron chi connectivity index (χ4n) is 2.14. The number of hydrogen-bond acceptors (Lipinski definition) is 5. The Balaban J connectivity index is 2.00. The lowest BCUT2D eigenvalue weighted by Gasteiger charge is -2.09. The van der Waals surface area contributed by atoms with Crippen LogP contribution in [0.25, 0.3) is 0 Å². The van der Waals surface area contributed by atoms with E-state index in [1.807, 2.05) is 19.1 Å². The van der Waals surface area contributed by atoms with Crippen molar-refractivity contribution in [2.75, 3.05) is 19.0 Å². The third-order valence-electron chi connectivity index (χ3n) is 3.47. The highest BCUT2D eigenvalue weighted by Crippen LogP contribution is 2.27. The zero-order chi connectivity index (χ0) is 18.4. The maximum atomic E-state index is 12.1. The maximum absolute atomic E-state index is 12.1. The van der Waals surface area contributed by atoms with Crippen molar-refractivity contribution in [3.63, 3.8) is 0 Å². The van der Waals surface area contributed by atoms with E-state index in [9.17, 15) is 19.7 Å². The van der Waals surface area contributed by atoms with Gasteiger partial charge in [-0.25, -0.2) is 0 Å². The SMILES string of the molecule is COc1ccc(C(=O)NCC(=O)Nc2ccccc2C)cc1[N+](=O)[O-]. The van der Waals surface area contributed by atoms with Crippen LogP contribution in [0.4, 0.5) is 11.4 Å². The standard InChI is InChI=1S/C17H17N3O5/c1-11-5-3-4-6-13(11)19-16(21)10-18-17(22)12-7-8-15(25-2)14(9-12)20(23)24/h3-9H,10H2,1-2H3,(H,18,22)(H,19,21). The monoisotopic (exact) mass is 343 g/mol. The number of hydrogen-bond donors (Lipinski definition) is 2. The number of aryl methyl sites for hydroxylation is 1. The maximum Gasteiger partial charge on any atom is 0.311 e. The lowest BCUT2D eigenvalue weighted by atomic mass is 10.1. The number of ether oxygens (including phenoxy) is 1. The van der Waals surface area contributed by atoms with E-state index in [-0.39, 0.29) is 23.5 Å². The normalized spacial score (nSPS) is 10.0. The van der Waals surface area contributed by atoms with E-state index >= 15 is 0 Å². The smallest absolute Gasteiger partial charge is 0.311 e. The summed E-state index contributed by atoms with van der Waals surface area (Å²) in [5.74, 6) is -0.935. The first-order valence-corrected chi connectivity index (χ1v) is 7.38. The van der Waals surface area contributed by atoms with Crippen molar-refractivity contribution in [1.29, 1.82) is 0 Å². The summed E-state index contributed by atoms with van der Waals surface area (Å²) in [7, 11) is 1.30. The third-order valence-corrected chi connectivity index (χ3v) is 3.47. The van der Waals surface area contributed by atoms with Crippen molar-refractivity contribution in [2.24, 2.45) is 0 Å². The van der Waals surface area contributed by atoms with Crippen LogP contribution in [0.15, 0.2) is 42.5 Å². The number of para-hydroxylation sites is 1. The second-order valence-corrected chi connectivity index (χ2v) is 5.19. The first kappa shape index (κ1) is 17.9. The van der Waals surface area contributed by atoms with Gasteiger partial charge in [-0.05, 0) is 30.7 Å². The molecule has 0 aliphatic rings. The fraction of sp³-hybridized carbons (Fsp3) is 0.176. The Morgan fingerprint density at radius 3 is 2.56 bits per heavy atom. The molecule has 0 aromatic heterocycles. The largest absolute Gasteiger partial charge is 0.490 e. The molecule has 0 fully saturated rings. The molecule has 2 aromatic rings. The predicted octanol–water partition coefficient (Wildman–Crippen LogP) is 2.28. The molecular weight excluding hydrogens is 326 g/mol. The van der Waals surface area contributed by atoms with Gasteiger partial charge in [0.15, 0.2) is 5.75 Å². The number of benzene rings is 2. The molecule has 2 aromatic carbocycles. The molecule has 2 amide bonds. The Kier molecular flexibility index (Phi) is 5.67. The van der Waals surface area contributed by atoms with E-state index in [4.69, 9.17) is 4.74 Å². The summed E-state index contributed by atoms with van der Waals surface area (Å²) >= 11 is 0. The summed E-state index contributed by atoms with van der Waals surface area (Å²) < 4.78 is 4.88. The van der Waals surface area contributed by atoms with Crippen LogP contribution in [0.3, 0.4) is 0 Å². The van der Waals surface area contributed by atoms with Crippen LogP contribution >= 0.6 is 0 Å². The van der Waals surface area contributed by atoms with Gasteiger partial charge in [-0.1, -0.05) is 18.2 Å². The minimum atomic E-state index is -0.638. The molecular formula is C17H17N3O5. The molecule has 0 aliphatic carbocycles. The molecule has 25 heavy (non-hydrogen) atoms. The lowest BCUT2D eigenvalue weighted by Crippen LogP contribution is -2.33. The van der Waals surface area contributed by atoms with E-state index in [1.54, 1.807) is 12.1 Å². The molecule has 2 rings (SSSR count). The molecule has 0 atom stereocenters. The zero-order valence-electron chi connectivity index (χ0n) is 13.7. The quantitative estimate of drug-likeness (QED) is 0.617. The van der Waals surface area contributed by atoms with Crippen LogP contribution in [0.1, 0.15) is 15.9 Å². The fourth-order valence-corrected chi connectivity index (χ4v) is 2.14. The van der Waals surface area contributed by atoms with Gasteiger partial charge in [0.1, 0.15) is 0 Å². The highest BCUT2D eigenvalue weighted by atomic mass is 16.6. The van der Waals surface area contributed by atoms with Crippen molar-refractivity contribution in [1.82, 2.24) is 5.32 Å². The second-order valence-electron chi connectivity index (χ2n) is 5.19. The van der Waals surface area contributed by atoms with Gasteiger partial charge in [-0.15, -0.1) is 0 Å². The number of nitro benzene ring substituents is 1. The van der Waals surface area contributed by atoms with Crippen LogP contribution < -0.4 is 15.4 Å². The number of nitrogens with zero attached hydrogens (tertiary/aromatic N) is 1. The third kappa shape index (κ3) is 4.54. The summed E-state index contributed by atoms with van der Waals surface area (Å²) in [4.78, 5) is 34.4. The molecule has 2 N–H and O–H groups in total. The molecule has 8 heteroatoms. The first-order valence-electron chi connectivity index (χ1n) is 7.38. The molecule has 130 valence electrons. The number of amides is 2. The molecule has 0 spiro atoms. The Morgan fingerprint density at radius 2 is 1.92 bits per heavy atom. The van der Waals surface area contributed by atoms with Gasteiger partial charge in [-0.2, -0.15) is 0 Å². The van der Waals surface area contributed by atoms with Gasteiger partial charge in [0.2, 0.25) is 5.91 Å². The Morgan fingerprint density at radius 1 is 1.20 bits per heavy atom. The summed E-state index contributed by atoms with van der Waals surface area (Å²) in [6.45, 7) is 1.59. The summed E-state index contributed by atoms with van der Waals surface area (Å²) in [6.07, 6.45) is 0. The Hall–Kier alpha value is -3.42. The van der Waals surface area contributed by atoms with E-state index in [2.05, 4.69) is 10.6 Å². The van der Waals surface area contributed by atoms with Crippen LogP contribution in [0, 0.1) is 17.0 Å². The molecule has 8 nitrogen and oxygen atoms in total. The number of carbonyl (C=O) groups excluding carboxylic acids is 2. The molecule has 0 radical (unpaired) electrons. The zero-order valence-corrected chi connectivity index (χ0v) is 13.7. The van der Waals surface area contributed by atoms with Crippen molar-refractivity contribution >= 4 is 23.2 Å². The topological polar surface area (TPSA) is 111 Å². The summed E-state index contributed by atoms with van der Waals surface area (Å²) in [5, 5.41) is 16.1. The van der Waals surface area contributed by atoms with Crippen LogP contribution in [0.2, 0.25) is 0 Å². The highest BCUT2D eigenvalue weighted by molar-refractivity contribution is 6.00. The number of nitro groups is 1. The Bertz CT molecular complexity index is 820. The van der Waals surface area contributed by atoms with E-state index in [0.29, 0.717) is 5.69 Å². The van der Waals surface area contributed by atoms with Gasteiger partial charge in [0.05, 0.1) is 18.6 Å². The van der Waals surface area contributed by atoms with E-state index in [0.717, 1.165) is 11.6 Å². The van der Waals surface area contributed by atoms with Crippen LogP contribution in [-0.2, 0) is 4.79 Å². The first-order chi connectivity index (χ1) is 11.9. The Labute approximate surface area is 144 Å². The van der Waals surface area contributed by atoms with Crippen molar-refractivity contribution < 1.29 is 19.2 Å². The van der Waals surface area contributed by atoms with Crippen molar-refractivity contribution in [2.45, 2.75) is 6.92 Å². The average Bonchev–Trinajstić information content (AvgIpc) is 2.61. The number of rotatable bonds is 6. The van der Waals surface area contributed by atoms with E-state index in [1.165, 1.54) is 19.2 Å². The summed E-state index contributed by atoms with van der Waals surface area (Å²) in [6, 6.07) is 11.1. The minimum absolute atomic E-state index is 0.0545. The average molecular weight is 343 g/mol. The molecule has 0 aliphatic heterocycles. The highest BCUT2D eigenvalue weighted by Gasteiger charge is 2.18. The number of nitrogens with one attached hydrogen (secondary N) is 2. The van der Waals surface area contributed by atoms with E-state index < -0.39 is 16.7 Å². The molecule has 0 saturated heterocycles. The number of methoxy groups -OCH3 is 1. The molecule has 0 saturated carbocycles. The van der Waals surface area contributed by atoms with Crippen LogP contribution in [0.5, 0.6) is 5.75 Å². The van der Waals surface area contributed by atoms with Crippen molar-refractivity contribution in [3.05, 3.63) is 63.7 Å². The molecule has 0 unspecified atom stereocenters. The predicted molar refractivity (Wildman–Crippen MR) is 91.8 cm³/mol.